The van der Waals surface area contributed by atoms with Gasteiger partial charge in [0, 0.05) is 30.8 Å². The van der Waals surface area contributed by atoms with Crippen LogP contribution < -0.4 is 14.8 Å². The van der Waals surface area contributed by atoms with E-state index < -0.39 is 0 Å². The monoisotopic (exact) mass is 425 g/mol. The number of aromatic nitrogens is 1. The van der Waals surface area contributed by atoms with E-state index in [2.05, 4.69) is 28.1 Å². The summed E-state index contributed by atoms with van der Waals surface area (Å²) in [7, 11) is 3.27. The molecule has 0 aliphatic carbocycles. The molecular formula is C24H31N3O4. The minimum Gasteiger partial charge on any atom is -0.497 e. The molecule has 3 rings (SSSR count). The second-order valence-corrected chi connectivity index (χ2v) is 7.28. The molecule has 1 saturated heterocycles. The number of ether oxygens (including phenoxy) is 4. The Bertz CT molecular complexity index is 875. The maximum absolute atomic E-state index is 5.94. The first kappa shape index (κ1) is 22.9. The van der Waals surface area contributed by atoms with Crippen molar-refractivity contribution in [3.63, 3.8) is 0 Å². The maximum atomic E-state index is 5.94. The van der Waals surface area contributed by atoms with Gasteiger partial charge in [-0.1, -0.05) is 12.1 Å². The van der Waals surface area contributed by atoms with Crippen LogP contribution in [0.15, 0.2) is 47.6 Å². The zero-order valence-corrected chi connectivity index (χ0v) is 18.5. The lowest BCUT2D eigenvalue weighted by Gasteiger charge is -2.30. The predicted octanol–water partition coefficient (Wildman–Crippen LogP) is 4.15. The summed E-state index contributed by atoms with van der Waals surface area (Å²) in [6, 6.07) is 9.81. The smallest absolute Gasteiger partial charge is 0.212 e. The summed E-state index contributed by atoms with van der Waals surface area (Å²) in [4.78, 5) is 8.37. The van der Waals surface area contributed by atoms with Crippen LogP contribution in [0.5, 0.6) is 11.6 Å². The van der Waals surface area contributed by atoms with E-state index in [1.165, 1.54) is 5.57 Å². The van der Waals surface area contributed by atoms with Gasteiger partial charge in [-0.15, -0.1) is 0 Å². The van der Waals surface area contributed by atoms with Crippen LogP contribution in [-0.2, 0) is 16.0 Å². The molecule has 166 valence electrons. The first-order valence-corrected chi connectivity index (χ1v) is 10.4. The highest BCUT2D eigenvalue weighted by Gasteiger charge is 2.22. The molecule has 0 bridgehead atoms. The molecule has 0 spiro atoms. The van der Waals surface area contributed by atoms with Crippen molar-refractivity contribution in [2.75, 3.05) is 27.4 Å². The molecule has 1 aliphatic rings. The third kappa shape index (κ3) is 6.37. The van der Waals surface area contributed by atoms with Gasteiger partial charge in [-0.25, -0.2) is 4.98 Å². The van der Waals surface area contributed by atoms with E-state index in [9.17, 15) is 0 Å². The minimum atomic E-state index is -0.221. The summed E-state index contributed by atoms with van der Waals surface area (Å²) in [6.07, 6.45) is 5.26. The molecule has 1 aromatic heterocycles. The van der Waals surface area contributed by atoms with Crippen LogP contribution in [0.1, 0.15) is 30.9 Å². The van der Waals surface area contributed by atoms with Gasteiger partial charge in [0.25, 0.3) is 0 Å². The maximum Gasteiger partial charge on any atom is 0.212 e. The lowest BCUT2D eigenvalue weighted by Crippen LogP contribution is -2.44. The highest BCUT2D eigenvalue weighted by atomic mass is 16.7. The molecule has 2 heterocycles. The van der Waals surface area contributed by atoms with E-state index in [0.29, 0.717) is 25.6 Å². The molecule has 1 fully saturated rings. The molecule has 7 nitrogen and oxygen atoms in total. The molecule has 0 atom stereocenters. The number of methoxy groups -OCH3 is 2. The number of nitrogens with one attached hydrogen (secondary N) is 1. The highest BCUT2D eigenvalue weighted by Crippen LogP contribution is 2.33. The molecule has 2 aromatic rings. The Morgan fingerprint density at radius 3 is 2.65 bits per heavy atom. The van der Waals surface area contributed by atoms with Gasteiger partial charge in [0.15, 0.2) is 6.29 Å². The summed E-state index contributed by atoms with van der Waals surface area (Å²) < 4.78 is 22.3. The third-order valence-electron chi connectivity index (χ3n) is 5.29. The third-order valence-corrected chi connectivity index (χ3v) is 5.29. The van der Waals surface area contributed by atoms with E-state index in [1.54, 1.807) is 14.2 Å². The Hall–Kier alpha value is -2.74. The van der Waals surface area contributed by atoms with Gasteiger partial charge >= 0.3 is 0 Å². The normalized spacial score (nSPS) is 19.1. The highest BCUT2D eigenvalue weighted by molar-refractivity contribution is 5.76. The fraction of sp³-hybridized carbons (Fsp3) is 0.417. The van der Waals surface area contributed by atoms with Crippen molar-refractivity contribution in [1.82, 2.24) is 10.3 Å². The zero-order chi connectivity index (χ0) is 22.1. The SMILES string of the molecule is C=Nc1ccc(OC)cc1/C(=C\C)CC[C@H]1OC[C@H](NCc2ccc(OC)nc2)CO1. The average molecular weight is 426 g/mol. The number of hydrogen-bond donors (Lipinski definition) is 1. The van der Waals surface area contributed by atoms with Gasteiger partial charge in [0.1, 0.15) is 5.75 Å². The summed E-state index contributed by atoms with van der Waals surface area (Å²) in [5, 5.41) is 3.45. The Kier molecular flexibility index (Phi) is 8.58. The van der Waals surface area contributed by atoms with Crippen molar-refractivity contribution >= 4 is 18.0 Å². The van der Waals surface area contributed by atoms with E-state index >= 15 is 0 Å². The Morgan fingerprint density at radius 2 is 2.03 bits per heavy atom. The van der Waals surface area contributed by atoms with Crippen LogP contribution in [0.3, 0.4) is 0 Å². The topological polar surface area (TPSA) is 74.2 Å². The molecule has 0 saturated carbocycles. The van der Waals surface area contributed by atoms with Crippen LogP contribution in [0.2, 0.25) is 0 Å². The van der Waals surface area contributed by atoms with Crippen LogP contribution in [0, 0.1) is 0 Å². The number of pyridine rings is 1. The van der Waals surface area contributed by atoms with Crippen LogP contribution in [0.4, 0.5) is 5.69 Å². The van der Waals surface area contributed by atoms with Crippen molar-refractivity contribution in [2.24, 2.45) is 4.99 Å². The van der Waals surface area contributed by atoms with Gasteiger partial charge in [-0.3, -0.25) is 4.99 Å². The van der Waals surface area contributed by atoms with E-state index in [4.69, 9.17) is 18.9 Å². The van der Waals surface area contributed by atoms with Crippen LogP contribution in [-0.4, -0.2) is 51.5 Å². The number of benzene rings is 1. The fourth-order valence-electron chi connectivity index (χ4n) is 3.47. The fourth-order valence-corrected chi connectivity index (χ4v) is 3.47. The van der Waals surface area contributed by atoms with Crippen molar-refractivity contribution in [3.05, 3.63) is 53.7 Å². The van der Waals surface area contributed by atoms with Crippen molar-refractivity contribution in [3.8, 4) is 11.6 Å². The first-order valence-electron chi connectivity index (χ1n) is 10.4. The summed E-state index contributed by atoms with van der Waals surface area (Å²) >= 11 is 0. The molecule has 0 radical (unpaired) electrons. The molecule has 1 N–H and O–H groups in total. The second kappa shape index (κ2) is 11.6. The van der Waals surface area contributed by atoms with Gasteiger partial charge in [0.05, 0.1) is 39.2 Å². The summed E-state index contributed by atoms with van der Waals surface area (Å²) in [5.41, 5.74) is 4.13. The van der Waals surface area contributed by atoms with Crippen molar-refractivity contribution < 1.29 is 18.9 Å². The number of rotatable bonds is 10. The average Bonchev–Trinajstić information content (AvgIpc) is 2.84. The molecule has 1 aliphatic heterocycles. The minimum absolute atomic E-state index is 0.148. The van der Waals surface area contributed by atoms with Crippen LogP contribution in [0.25, 0.3) is 5.57 Å². The lowest BCUT2D eigenvalue weighted by molar-refractivity contribution is -0.191. The Balaban J connectivity index is 1.46. The predicted molar refractivity (Wildman–Crippen MR) is 122 cm³/mol. The number of nitrogens with zero attached hydrogens (tertiary/aromatic N) is 2. The standard InChI is InChI=1S/C24H31N3O4/c1-5-18(21-12-20(28-3)8-9-22(21)25-2)7-11-24-30-15-19(16-31-24)26-13-17-6-10-23(29-4)27-14-17/h5-6,8-10,12,14,19,24,26H,2,7,11,13,15-16H2,1,3-4H3/b18-5-/t19-,24-. The van der Waals surface area contributed by atoms with Crippen LogP contribution >= 0.6 is 0 Å². The quantitative estimate of drug-likeness (QED) is 0.577. The molecule has 0 amide bonds. The largest absolute Gasteiger partial charge is 0.497 e. The van der Waals surface area contributed by atoms with Gasteiger partial charge in [-0.05, 0) is 49.4 Å². The molecule has 7 heteroatoms. The number of aliphatic imine (C=N–C) groups is 1. The molecule has 31 heavy (non-hydrogen) atoms. The summed E-state index contributed by atoms with van der Waals surface area (Å²) in [6.45, 7) is 7.63. The second-order valence-electron chi connectivity index (χ2n) is 7.28. The van der Waals surface area contributed by atoms with Gasteiger partial charge in [0.2, 0.25) is 5.88 Å². The zero-order valence-electron chi connectivity index (χ0n) is 18.5. The summed E-state index contributed by atoms with van der Waals surface area (Å²) in [5.74, 6) is 1.41. The van der Waals surface area contributed by atoms with Gasteiger partial charge in [-0.2, -0.15) is 0 Å². The molecule has 0 unspecified atom stereocenters. The lowest BCUT2D eigenvalue weighted by atomic mass is 9.98. The first-order chi connectivity index (χ1) is 15.2. The number of hydrogen-bond acceptors (Lipinski definition) is 7. The van der Waals surface area contributed by atoms with Gasteiger partial charge < -0.3 is 24.3 Å². The van der Waals surface area contributed by atoms with E-state index in [1.807, 2.05) is 43.5 Å². The van der Waals surface area contributed by atoms with Crippen molar-refractivity contribution in [2.45, 2.75) is 38.6 Å². The number of allylic oxidation sites excluding steroid dienone is 2. The molecular weight excluding hydrogens is 394 g/mol. The molecule has 1 aromatic carbocycles. The van der Waals surface area contributed by atoms with E-state index in [0.717, 1.165) is 35.4 Å². The van der Waals surface area contributed by atoms with Crippen molar-refractivity contribution in [1.29, 1.82) is 0 Å². The van der Waals surface area contributed by atoms with E-state index in [-0.39, 0.29) is 12.3 Å². The Morgan fingerprint density at radius 1 is 1.23 bits per heavy atom. The Labute approximate surface area is 184 Å².